The van der Waals surface area contributed by atoms with Crippen molar-refractivity contribution in [1.29, 1.82) is 0 Å². The molecule has 0 aliphatic heterocycles. The SMILES string of the molecule is CCCN(CC(=O)Nc1ccon1)C(=O)C(CC)c1ccccc1. The number of rotatable bonds is 8. The third-order valence-corrected chi connectivity index (χ3v) is 3.75. The van der Waals surface area contributed by atoms with E-state index in [1.807, 2.05) is 44.2 Å². The first-order valence-corrected chi connectivity index (χ1v) is 8.19. The molecule has 0 spiro atoms. The summed E-state index contributed by atoms with van der Waals surface area (Å²) in [7, 11) is 0. The van der Waals surface area contributed by atoms with Crippen molar-refractivity contribution in [2.45, 2.75) is 32.6 Å². The molecule has 2 amide bonds. The zero-order chi connectivity index (χ0) is 17.4. The maximum Gasteiger partial charge on any atom is 0.245 e. The number of benzene rings is 1. The van der Waals surface area contributed by atoms with Crippen molar-refractivity contribution in [3.05, 3.63) is 48.2 Å². The molecule has 0 aliphatic rings. The predicted molar refractivity (Wildman–Crippen MR) is 91.5 cm³/mol. The van der Waals surface area contributed by atoms with Gasteiger partial charge < -0.3 is 14.7 Å². The van der Waals surface area contributed by atoms with Crippen molar-refractivity contribution in [1.82, 2.24) is 10.1 Å². The fourth-order valence-corrected chi connectivity index (χ4v) is 2.63. The normalized spacial score (nSPS) is 11.8. The van der Waals surface area contributed by atoms with Crippen LogP contribution < -0.4 is 5.32 Å². The van der Waals surface area contributed by atoms with Crippen molar-refractivity contribution in [2.24, 2.45) is 0 Å². The molecule has 128 valence electrons. The van der Waals surface area contributed by atoms with Crippen molar-refractivity contribution in [3.63, 3.8) is 0 Å². The number of amides is 2. The van der Waals surface area contributed by atoms with Gasteiger partial charge in [0.1, 0.15) is 6.26 Å². The second kappa shape index (κ2) is 8.86. The quantitative estimate of drug-likeness (QED) is 0.807. The van der Waals surface area contributed by atoms with Crippen molar-refractivity contribution < 1.29 is 14.1 Å². The number of carbonyl (C=O) groups is 2. The summed E-state index contributed by atoms with van der Waals surface area (Å²) in [6, 6.07) is 11.2. The summed E-state index contributed by atoms with van der Waals surface area (Å²) in [5.74, 6) is -0.203. The molecule has 6 heteroatoms. The molecule has 1 unspecified atom stereocenters. The van der Waals surface area contributed by atoms with Crippen LogP contribution in [0.4, 0.5) is 5.82 Å². The molecule has 2 rings (SSSR count). The summed E-state index contributed by atoms with van der Waals surface area (Å²) in [6.45, 7) is 4.51. The molecule has 0 saturated heterocycles. The topological polar surface area (TPSA) is 75.4 Å². The van der Waals surface area contributed by atoms with Crippen molar-refractivity contribution in [3.8, 4) is 0 Å². The Bertz CT molecular complexity index is 641. The molecule has 24 heavy (non-hydrogen) atoms. The minimum atomic E-state index is -0.284. The van der Waals surface area contributed by atoms with Crippen LogP contribution >= 0.6 is 0 Å². The Morgan fingerprint density at radius 1 is 1.21 bits per heavy atom. The van der Waals surface area contributed by atoms with Gasteiger partial charge in [0.05, 0.1) is 12.5 Å². The van der Waals surface area contributed by atoms with Crippen LogP contribution in [0.2, 0.25) is 0 Å². The van der Waals surface area contributed by atoms with Crippen LogP contribution in [0.5, 0.6) is 0 Å². The van der Waals surface area contributed by atoms with Crippen molar-refractivity contribution >= 4 is 17.6 Å². The fourth-order valence-electron chi connectivity index (χ4n) is 2.63. The average molecular weight is 329 g/mol. The van der Waals surface area contributed by atoms with E-state index in [1.54, 1.807) is 11.0 Å². The number of carbonyl (C=O) groups excluding carboxylic acids is 2. The molecule has 1 aromatic carbocycles. The zero-order valence-corrected chi connectivity index (χ0v) is 14.1. The van der Waals surface area contributed by atoms with Crippen molar-refractivity contribution in [2.75, 3.05) is 18.4 Å². The van der Waals surface area contributed by atoms with Crippen LogP contribution in [0.15, 0.2) is 47.2 Å². The van der Waals surface area contributed by atoms with E-state index in [0.717, 1.165) is 12.0 Å². The molecule has 1 heterocycles. The second-order valence-electron chi connectivity index (χ2n) is 5.56. The number of nitrogens with zero attached hydrogens (tertiary/aromatic N) is 2. The van der Waals surface area contributed by atoms with E-state index in [4.69, 9.17) is 0 Å². The predicted octanol–water partition coefficient (Wildman–Crippen LogP) is 3.05. The summed E-state index contributed by atoms with van der Waals surface area (Å²) < 4.78 is 4.68. The van der Waals surface area contributed by atoms with Gasteiger partial charge in [-0.1, -0.05) is 49.3 Å². The number of anilines is 1. The zero-order valence-electron chi connectivity index (χ0n) is 14.1. The van der Waals surface area contributed by atoms with E-state index < -0.39 is 0 Å². The van der Waals surface area contributed by atoms with Crippen LogP contribution in [-0.2, 0) is 9.59 Å². The van der Waals surface area contributed by atoms with Crippen LogP contribution in [-0.4, -0.2) is 35.0 Å². The van der Waals surface area contributed by atoms with Crippen LogP contribution in [0.3, 0.4) is 0 Å². The average Bonchev–Trinajstić information content (AvgIpc) is 3.09. The van der Waals surface area contributed by atoms with Gasteiger partial charge in [-0.2, -0.15) is 0 Å². The number of hydrogen-bond acceptors (Lipinski definition) is 4. The first-order valence-electron chi connectivity index (χ1n) is 8.19. The lowest BCUT2D eigenvalue weighted by atomic mass is 9.95. The molecule has 1 aromatic heterocycles. The molecular formula is C18H23N3O3. The van der Waals surface area contributed by atoms with Gasteiger partial charge in [0.25, 0.3) is 0 Å². The molecule has 0 radical (unpaired) electrons. The highest BCUT2D eigenvalue weighted by Crippen LogP contribution is 2.22. The largest absolute Gasteiger partial charge is 0.363 e. The maximum absolute atomic E-state index is 12.9. The van der Waals surface area contributed by atoms with Gasteiger partial charge in [-0.05, 0) is 18.4 Å². The molecule has 0 fully saturated rings. The Morgan fingerprint density at radius 3 is 2.54 bits per heavy atom. The molecule has 0 aliphatic carbocycles. The summed E-state index contributed by atoms with van der Waals surface area (Å²) in [4.78, 5) is 26.7. The first-order chi connectivity index (χ1) is 11.7. The number of nitrogens with one attached hydrogen (secondary N) is 1. The summed E-state index contributed by atoms with van der Waals surface area (Å²) in [5.41, 5.74) is 0.975. The summed E-state index contributed by atoms with van der Waals surface area (Å²) in [6.07, 6.45) is 2.86. The molecular weight excluding hydrogens is 306 g/mol. The maximum atomic E-state index is 12.9. The fraction of sp³-hybridized carbons (Fsp3) is 0.389. The van der Waals surface area contributed by atoms with E-state index >= 15 is 0 Å². The lowest BCUT2D eigenvalue weighted by Gasteiger charge is -2.26. The standard InChI is InChI=1S/C18H23N3O3/c1-3-11-21(13-17(22)19-16-10-12-24-20-16)18(23)15(4-2)14-8-6-5-7-9-14/h5-10,12,15H,3-4,11,13H2,1-2H3,(H,19,20,22). The Morgan fingerprint density at radius 2 is 1.96 bits per heavy atom. The number of aromatic nitrogens is 1. The van der Waals surface area contributed by atoms with Crippen LogP contribution in [0.1, 0.15) is 38.2 Å². The van der Waals surface area contributed by atoms with Gasteiger partial charge in [0.15, 0.2) is 5.82 Å². The number of hydrogen-bond donors (Lipinski definition) is 1. The van der Waals surface area contributed by atoms with E-state index in [9.17, 15) is 9.59 Å². The Hall–Kier alpha value is -2.63. The highest BCUT2D eigenvalue weighted by molar-refractivity contribution is 5.94. The lowest BCUT2D eigenvalue weighted by Crippen LogP contribution is -2.41. The van der Waals surface area contributed by atoms with Crippen LogP contribution in [0.25, 0.3) is 0 Å². The van der Waals surface area contributed by atoms with E-state index in [1.165, 1.54) is 6.26 Å². The highest BCUT2D eigenvalue weighted by Gasteiger charge is 2.25. The monoisotopic (exact) mass is 329 g/mol. The van der Waals surface area contributed by atoms with E-state index in [2.05, 4.69) is 15.0 Å². The summed E-state index contributed by atoms with van der Waals surface area (Å²) in [5, 5.41) is 6.27. The highest BCUT2D eigenvalue weighted by atomic mass is 16.5. The van der Waals surface area contributed by atoms with Gasteiger partial charge in [0.2, 0.25) is 11.8 Å². The molecule has 1 atom stereocenters. The lowest BCUT2D eigenvalue weighted by molar-refractivity contribution is -0.136. The third-order valence-electron chi connectivity index (χ3n) is 3.75. The smallest absolute Gasteiger partial charge is 0.245 e. The first kappa shape index (κ1) is 17.7. The van der Waals surface area contributed by atoms with Gasteiger partial charge in [-0.15, -0.1) is 0 Å². The molecule has 6 nitrogen and oxygen atoms in total. The van der Waals surface area contributed by atoms with Gasteiger partial charge in [-0.3, -0.25) is 9.59 Å². The Labute approximate surface area is 141 Å². The van der Waals surface area contributed by atoms with Gasteiger partial charge >= 0.3 is 0 Å². The third kappa shape index (κ3) is 4.68. The van der Waals surface area contributed by atoms with E-state index in [-0.39, 0.29) is 24.3 Å². The molecule has 1 N–H and O–H groups in total. The second-order valence-corrected chi connectivity index (χ2v) is 5.56. The minimum absolute atomic E-state index is 0.00284. The van der Waals surface area contributed by atoms with Crippen LogP contribution in [0, 0.1) is 0 Å². The molecule has 2 aromatic rings. The molecule has 0 bridgehead atoms. The minimum Gasteiger partial charge on any atom is -0.363 e. The van der Waals surface area contributed by atoms with E-state index in [0.29, 0.717) is 18.8 Å². The van der Waals surface area contributed by atoms with Gasteiger partial charge in [-0.25, -0.2) is 0 Å². The Kier molecular flexibility index (Phi) is 6.54. The summed E-state index contributed by atoms with van der Waals surface area (Å²) >= 11 is 0. The van der Waals surface area contributed by atoms with Gasteiger partial charge in [0, 0.05) is 12.6 Å². The Balaban J connectivity index is 2.07. The molecule has 0 saturated carbocycles.